The number of nitro benzene ring substituents is 1. The van der Waals surface area contributed by atoms with E-state index in [2.05, 4.69) is 14.9 Å². The molecule has 9 heteroatoms. The van der Waals surface area contributed by atoms with Crippen LogP contribution in [0.25, 0.3) is 0 Å². The van der Waals surface area contributed by atoms with E-state index in [0.717, 1.165) is 6.07 Å². The summed E-state index contributed by atoms with van der Waals surface area (Å²) in [6, 6.07) is 3.69. The molecule has 0 saturated heterocycles. The first-order chi connectivity index (χ1) is 9.31. The number of benzene rings is 1. The van der Waals surface area contributed by atoms with Gasteiger partial charge in [0.15, 0.2) is 0 Å². The van der Waals surface area contributed by atoms with Crippen LogP contribution in [-0.2, 0) is 10.0 Å². The zero-order chi connectivity index (χ0) is 14.9. The van der Waals surface area contributed by atoms with Gasteiger partial charge in [-0.2, -0.15) is 5.10 Å². The van der Waals surface area contributed by atoms with Crippen molar-refractivity contribution in [3.8, 4) is 0 Å². The molecule has 2 aromatic rings. The number of nitrogens with one attached hydrogen (secondary N) is 2. The van der Waals surface area contributed by atoms with Crippen LogP contribution < -0.4 is 4.72 Å². The summed E-state index contributed by atoms with van der Waals surface area (Å²) in [4.78, 5) is 9.96. The first-order valence-corrected chi connectivity index (χ1v) is 7.07. The van der Waals surface area contributed by atoms with Crippen molar-refractivity contribution in [2.75, 3.05) is 4.72 Å². The minimum absolute atomic E-state index is 0.138. The number of aromatic amines is 1. The summed E-state index contributed by atoms with van der Waals surface area (Å²) in [6.45, 7) is 3.25. The molecule has 1 aromatic heterocycles. The molecule has 1 heterocycles. The van der Waals surface area contributed by atoms with Crippen LogP contribution in [0, 0.1) is 24.0 Å². The summed E-state index contributed by atoms with van der Waals surface area (Å²) in [6.07, 6.45) is 1.47. The monoisotopic (exact) mass is 296 g/mol. The summed E-state index contributed by atoms with van der Waals surface area (Å²) in [5.74, 6) is 0.232. The van der Waals surface area contributed by atoms with E-state index in [4.69, 9.17) is 0 Å². The molecule has 20 heavy (non-hydrogen) atoms. The lowest BCUT2D eigenvalue weighted by atomic mass is 10.2. The normalized spacial score (nSPS) is 11.3. The fourth-order valence-electron chi connectivity index (χ4n) is 1.63. The third-order valence-corrected chi connectivity index (χ3v) is 4.23. The third kappa shape index (κ3) is 2.62. The zero-order valence-electron chi connectivity index (χ0n) is 10.7. The van der Waals surface area contributed by atoms with Crippen LogP contribution in [0.4, 0.5) is 11.5 Å². The Morgan fingerprint density at radius 2 is 2.00 bits per heavy atom. The molecule has 0 amide bonds. The van der Waals surface area contributed by atoms with Crippen molar-refractivity contribution < 1.29 is 13.3 Å². The van der Waals surface area contributed by atoms with Crippen LogP contribution in [0.15, 0.2) is 29.3 Å². The van der Waals surface area contributed by atoms with E-state index in [0.29, 0.717) is 11.1 Å². The lowest BCUT2D eigenvalue weighted by molar-refractivity contribution is -0.385. The number of hydrogen-bond acceptors (Lipinski definition) is 5. The van der Waals surface area contributed by atoms with Gasteiger partial charge in [-0.15, -0.1) is 0 Å². The number of nitro groups is 1. The van der Waals surface area contributed by atoms with Gasteiger partial charge < -0.3 is 0 Å². The van der Waals surface area contributed by atoms with E-state index in [1.54, 1.807) is 13.8 Å². The molecule has 0 aliphatic heterocycles. The molecular weight excluding hydrogens is 284 g/mol. The van der Waals surface area contributed by atoms with Crippen molar-refractivity contribution in [1.29, 1.82) is 0 Å². The Kier molecular flexibility index (Phi) is 3.45. The first kappa shape index (κ1) is 14.0. The molecule has 1 aromatic carbocycles. The minimum Gasteiger partial charge on any atom is -0.263 e. The van der Waals surface area contributed by atoms with Crippen LogP contribution in [0.1, 0.15) is 11.1 Å². The second kappa shape index (κ2) is 4.93. The summed E-state index contributed by atoms with van der Waals surface area (Å²) in [5, 5.41) is 17.0. The SMILES string of the molecule is Cc1ccc([N+](=O)[O-])cc1S(=O)(=O)Nc1[nH]ncc1C. The second-order valence-corrected chi connectivity index (χ2v) is 5.89. The van der Waals surface area contributed by atoms with Crippen LogP contribution in [0.2, 0.25) is 0 Å². The summed E-state index contributed by atoms with van der Waals surface area (Å²) >= 11 is 0. The van der Waals surface area contributed by atoms with E-state index in [-0.39, 0.29) is 16.4 Å². The molecule has 0 bridgehead atoms. The number of aryl methyl sites for hydroxylation is 2. The lowest BCUT2D eigenvalue weighted by Gasteiger charge is -2.09. The van der Waals surface area contributed by atoms with Gasteiger partial charge >= 0.3 is 0 Å². The van der Waals surface area contributed by atoms with Crippen LogP contribution in [0.5, 0.6) is 0 Å². The molecule has 2 N–H and O–H groups in total. The van der Waals surface area contributed by atoms with E-state index in [9.17, 15) is 18.5 Å². The van der Waals surface area contributed by atoms with E-state index < -0.39 is 14.9 Å². The topological polar surface area (TPSA) is 118 Å². The van der Waals surface area contributed by atoms with Gasteiger partial charge in [-0.05, 0) is 19.4 Å². The molecule has 0 unspecified atom stereocenters. The predicted octanol–water partition coefficient (Wildman–Crippen LogP) is 1.74. The van der Waals surface area contributed by atoms with Crippen molar-refractivity contribution in [1.82, 2.24) is 10.2 Å². The van der Waals surface area contributed by atoms with Crippen molar-refractivity contribution >= 4 is 21.5 Å². The van der Waals surface area contributed by atoms with Gasteiger partial charge in [-0.1, -0.05) is 6.07 Å². The summed E-state index contributed by atoms with van der Waals surface area (Å²) < 4.78 is 26.9. The first-order valence-electron chi connectivity index (χ1n) is 5.59. The maximum absolute atomic E-state index is 12.3. The Morgan fingerprint density at radius 1 is 1.30 bits per heavy atom. The molecule has 0 fully saturated rings. The summed E-state index contributed by atoms with van der Waals surface area (Å²) in [7, 11) is -3.92. The number of anilines is 1. The predicted molar refractivity (Wildman–Crippen MR) is 72.0 cm³/mol. The Morgan fingerprint density at radius 3 is 2.55 bits per heavy atom. The largest absolute Gasteiger partial charge is 0.270 e. The maximum Gasteiger partial charge on any atom is 0.270 e. The molecule has 0 radical (unpaired) electrons. The standard InChI is InChI=1S/C11H12N4O4S/c1-7-3-4-9(15(16)17)5-10(7)20(18,19)14-11-8(2)6-12-13-11/h3-6H,1-2H3,(H2,12,13,14). The maximum atomic E-state index is 12.3. The van der Waals surface area contributed by atoms with E-state index in [1.165, 1.54) is 18.3 Å². The second-order valence-electron chi connectivity index (χ2n) is 4.24. The average Bonchev–Trinajstić information content (AvgIpc) is 2.74. The van der Waals surface area contributed by atoms with Crippen molar-refractivity contribution in [3.05, 3.63) is 45.6 Å². The Balaban J connectivity index is 2.46. The molecule has 0 aliphatic carbocycles. The molecule has 0 spiro atoms. The molecule has 0 saturated carbocycles. The average molecular weight is 296 g/mol. The molecular formula is C11H12N4O4S. The number of aromatic nitrogens is 2. The van der Waals surface area contributed by atoms with E-state index >= 15 is 0 Å². The zero-order valence-corrected chi connectivity index (χ0v) is 11.6. The quantitative estimate of drug-likeness (QED) is 0.658. The summed E-state index contributed by atoms with van der Waals surface area (Å²) in [5.41, 5.74) is 0.759. The highest BCUT2D eigenvalue weighted by atomic mass is 32.2. The Bertz CT molecular complexity index is 766. The number of H-pyrrole nitrogens is 1. The van der Waals surface area contributed by atoms with Gasteiger partial charge in [0.25, 0.3) is 15.7 Å². The van der Waals surface area contributed by atoms with Crippen molar-refractivity contribution in [2.45, 2.75) is 18.7 Å². The third-order valence-electron chi connectivity index (χ3n) is 2.74. The fourth-order valence-corrected chi connectivity index (χ4v) is 2.98. The minimum atomic E-state index is -3.92. The van der Waals surface area contributed by atoms with Crippen LogP contribution >= 0.6 is 0 Å². The highest BCUT2D eigenvalue weighted by Gasteiger charge is 2.21. The van der Waals surface area contributed by atoms with Gasteiger partial charge in [0, 0.05) is 17.7 Å². The van der Waals surface area contributed by atoms with Crippen molar-refractivity contribution in [3.63, 3.8) is 0 Å². The molecule has 0 aliphatic rings. The number of non-ortho nitro benzene ring substituents is 1. The number of rotatable bonds is 4. The van der Waals surface area contributed by atoms with Crippen LogP contribution in [-0.4, -0.2) is 23.5 Å². The Hall–Kier alpha value is -2.42. The molecule has 8 nitrogen and oxygen atoms in total. The highest BCUT2D eigenvalue weighted by Crippen LogP contribution is 2.24. The Labute approximate surface area is 115 Å². The van der Waals surface area contributed by atoms with Gasteiger partial charge in [0.2, 0.25) is 0 Å². The lowest BCUT2D eigenvalue weighted by Crippen LogP contribution is -2.15. The van der Waals surface area contributed by atoms with Crippen LogP contribution in [0.3, 0.4) is 0 Å². The molecule has 106 valence electrons. The highest BCUT2D eigenvalue weighted by molar-refractivity contribution is 7.92. The number of nitrogens with zero attached hydrogens (tertiary/aromatic N) is 2. The van der Waals surface area contributed by atoms with E-state index in [1.807, 2.05) is 0 Å². The van der Waals surface area contributed by atoms with Gasteiger partial charge in [0.1, 0.15) is 5.82 Å². The molecule has 0 atom stereocenters. The van der Waals surface area contributed by atoms with Crippen molar-refractivity contribution in [2.24, 2.45) is 0 Å². The van der Waals surface area contributed by atoms with Gasteiger partial charge in [0.05, 0.1) is 16.0 Å². The number of sulfonamides is 1. The fraction of sp³-hybridized carbons (Fsp3) is 0.182. The van der Waals surface area contributed by atoms with Gasteiger partial charge in [-0.3, -0.25) is 19.9 Å². The smallest absolute Gasteiger partial charge is 0.263 e. The number of hydrogen-bond donors (Lipinski definition) is 2. The van der Waals surface area contributed by atoms with Gasteiger partial charge in [-0.25, -0.2) is 8.42 Å². The molecule has 2 rings (SSSR count).